The van der Waals surface area contributed by atoms with E-state index in [1.807, 2.05) is 43.3 Å². The lowest BCUT2D eigenvalue weighted by atomic mass is 9.98. The highest BCUT2D eigenvalue weighted by atomic mass is 16.5. The Morgan fingerprint density at radius 1 is 1.00 bits per heavy atom. The Kier molecular flexibility index (Phi) is 5.26. The van der Waals surface area contributed by atoms with Gasteiger partial charge in [0, 0.05) is 6.07 Å². The molecule has 5 nitrogen and oxygen atoms in total. The second kappa shape index (κ2) is 7.77. The number of benzene rings is 2. The minimum absolute atomic E-state index is 0.0813. The van der Waals surface area contributed by atoms with Crippen molar-refractivity contribution in [1.29, 1.82) is 0 Å². The van der Waals surface area contributed by atoms with Crippen LogP contribution in [0.1, 0.15) is 29.9 Å². The molecule has 2 N–H and O–H groups in total. The molecule has 0 spiro atoms. The average Bonchev–Trinajstić information content (AvgIpc) is 3.05. The largest absolute Gasteiger partial charge is 0.360 e. The van der Waals surface area contributed by atoms with Gasteiger partial charge in [-0.2, -0.15) is 0 Å². The van der Waals surface area contributed by atoms with Crippen molar-refractivity contribution in [3.8, 4) is 0 Å². The van der Waals surface area contributed by atoms with Gasteiger partial charge in [0.2, 0.25) is 5.91 Å². The van der Waals surface area contributed by atoms with Crippen molar-refractivity contribution in [2.75, 3.05) is 5.32 Å². The van der Waals surface area contributed by atoms with E-state index in [9.17, 15) is 4.79 Å². The van der Waals surface area contributed by atoms with Crippen LogP contribution >= 0.6 is 0 Å². The van der Waals surface area contributed by atoms with Crippen LogP contribution in [-0.2, 0) is 4.79 Å². The van der Waals surface area contributed by atoms with Crippen molar-refractivity contribution in [3.05, 3.63) is 83.6 Å². The number of aryl methyl sites for hydroxylation is 1. The maximum atomic E-state index is 12.5. The molecule has 1 unspecified atom stereocenters. The smallest absolute Gasteiger partial charge is 0.242 e. The van der Waals surface area contributed by atoms with Gasteiger partial charge in [0.15, 0.2) is 5.82 Å². The quantitative estimate of drug-likeness (QED) is 0.721. The summed E-state index contributed by atoms with van der Waals surface area (Å²) in [6.45, 7) is 3.62. The van der Waals surface area contributed by atoms with Crippen LogP contribution in [0, 0.1) is 6.92 Å². The monoisotopic (exact) mass is 335 g/mol. The molecule has 3 rings (SSSR count). The van der Waals surface area contributed by atoms with Crippen molar-refractivity contribution < 1.29 is 9.32 Å². The van der Waals surface area contributed by atoms with Gasteiger partial charge in [-0.15, -0.1) is 0 Å². The summed E-state index contributed by atoms with van der Waals surface area (Å²) in [7, 11) is 0. The molecule has 25 heavy (non-hydrogen) atoms. The zero-order valence-corrected chi connectivity index (χ0v) is 14.3. The minimum atomic E-state index is -0.414. The Balaban J connectivity index is 1.76. The summed E-state index contributed by atoms with van der Waals surface area (Å²) < 4.78 is 4.98. The molecule has 5 heteroatoms. The van der Waals surface area contributed by atoms with Crippen LogP contribution in [-0.4, -0.2) is 17.1 Å². The van der Waals surface area contributed by atoms with E-state index in [4.69, 9.17) is 4.52 Å². The third-order valence-electron chi connectivity index (χ3n) is 3.95. The van der Waals surface area contributed by atoms with Gasteiger partial charge in [0.1, 0.15) is 5.76 Å². The van der Waals surface area contributed by atoms with Crippen molar-refractivity contribution in [1.82, 2.24) is 10.5 Å². The summed E-state index contributed by atoms with van der Waals surface area (Å²) in [6.07, 6.45) is 0. The fourth-order valence-electron chi connectivity index (χ4n) is 2.66. The molecule has 1 aromatic heterocycles. The van der Waals surface area contributed by atoms with Crippen molar-refractivity contribution in [2.45, 2.75) is 25.9 Å². The molecule has 1 amide bonds. The van der Waals surface area contributed by atoms with Gasteiger partial charge in [0.25, 0.3) is 0 Å². The van der Waals surface area contributed by atoms with Crippen molar-refractivity contribution in [2.24, 2.45) is 0 Å². The van der Waals surface area contributed by atoms with E-state index in [0.717, 1.165) is 11.1 Å². The van der Waals surface area contributed by atoms with E-state index < -0.39 is 6.04 Å². The first-order valence-corrected chi connectivity index (χ1v) is 8.23. The number of rotatable bonds is 6. The van der Waals surface area contributed by atoms with Crippen LogP contribution in [0.5, 0.6) is 0 Å². The van der Waals surface area contributed by atoms with Crippen LogP contribution in [0.15, 0.2) is 71.3 Å². The summed E-state index contributed by atoms with van der Waals surface area (Å²) in [5.41, 5.74) is 2.20. The first-order chi connectivity index (χ1) is 12.1. The normalized spacial score (nSPS) is 12.1. The van der Waals surface area contributed by atoms with Crippen LogP contribution < -0.4 is 10.6 Å². The van der Waals surface area contributed by atoms with Crippen LogP contribution in [0.2, 0.25) is 0 Å². The van der Waals surface area contributed by atoms with E-state index in [-0.39, 0.29) is 11.9 Å². The maximum Gasteiger partial charge on any atom is 0.242 e. The lowest BCUT2D eigenvalue weighted by Crippen LogP contribution is -2.40. The number of anilines is 1. The number of nitrogens with zero attached hydrogens (tertiary/aromatic N) is 1. The topological polar surface area (TPSA) is 67.2 Å². The lowest BCUT2D eigenvalue weighted by molar-refractivity contribution is -0.117. The van der Waals surface area contributed by atoms with Crippen molar-refractivity contribution in [3.63, 3.8) is 0 Å². The summed E-state index contributed by atoms with van der Waals surface area (Å²) in [5.74, 6) is 0.916. The molecule has 3 aromatic rings. The second-order valence-electron chi connectivity index (χ2n) is 5.95. The van der Waals surface area contributed by atoms with Crippen LogP contribution in [0.4, 0.5) is 5.82 Å². The molecule has 1 heterocycles. The Morgan fingerprint density at radius 2 is 1.56 bits per heavy atom. The fraction of sp³-hybridized carbons (Fsp3) is 0.200. The lowest BCUT2D eigenvalue weighted by Gasteiger charge is -2.23. The highest BCUT2D eigenvalue weighted by molar-refractivity contribution is 5.93. The van der Waals surface area contributed by atoms with Crippen molar-refractivity contribution >= 4 is 11.7 Å². The molecule has 2 aromatic carbocycles. The van der Waals surface area contributed by atoms with E-state index in [1.54, 1.807) is 13.0 Å². The second-order valence-corrected chi connectivity index (χ2v) is 5.95. The zero-order chi connectivity index (χ0) is 17.6. The van der Waals surface area contributed by atoms with Crippen LogP contribution in [0.3, 0.4) is 0 Å². The Hall–Kier alpha value is -2.92. The molecular formula is C20H21N3O2. The predicted molar refractivity (Wildman–Crippen MR) is 97.2 cm³/mol. The molecule has 0 bridgehead atoms. The standard InChI is InChI=1S/C20H21N3O2/c1-14-13-18(23-25-14)22-20(24)15(2)21-19(16-9-5-3-6-10-16)17-11-7-4-8-12-17/h3-13,15,19,21H,1-2H3,(H,22,23,24). The van der Waals surface area contributed by atoms with Gasteiger partial charge in [0.05, 0.1) is 12.1 Å². The fourth-order valence-corrected chi connectivity index (χ4v) is 2.66. The average molecular weight is 335 g/mol. The summed E-state index contributed by atoms with van der Waals surface area (Å²) in [6, 6.07) is 21.3. The summed E-state index contributed by atoms with van der Waals surface area (Å²) >= 11 is 0. The molecule has 0 saturated heterocycles. The van der Waals surface area contributed by atoms with Crippen LogP contribution in [0.25, 0.3) is 0 Å². The minimum Gasteiger partial charge on any atom is -0.360 e. The van der Waals surface area contributed by atoms with Gasteiger partial charge >= 0.3 is 0 Å². The molecule has 0 aliphatic carbocycles. The Bertz CT molecular complexity index is 776. The number of nitrogens with one attached hydrogen (secondary N) is 2. The molecule has 128 valence electrons. The first kappa shape index (κ1) is 16.9. The first-order valence-electron chi connectivity index (χ1n) is 8.23. The molecule has 0 saturated carbocycles. The van der Waals surface area contributed by atoms with Gasteiger partial charge < -0.3 is 9.84 Å². The van der Waals surface area contributed by atoms with E-state index in [2.05, 4.69) is 40.1 Å². The van der Waals surface area contributed by atoms with Gasteiger partial charge in [-0.05, 0) is 25.0 Å². The molecular weight excluding hydrogens is 314 g/mol. The zero-order valence-electron chi connectivity index (χ0n) is 14.3. The van der Waals surface area contributed by atoms with Gasteiger partial charge in [-0.25, -0.2) is 0 Å². The molecule has 0 aliphatic rings. The van der Waals surface area contributed by atoms with E-state index >= 15 is 0 Å². The number of carbonyl (C=O) groups excluding carboxylic acids is 1. The number of aromatic nitrogens is 1. The number of amides is 1. The SMILES string of the molecule is Cc1cc(NC(=O)C(C)NC(c2ccccc2)c2ccccc2)no1. The Morgan fingerprint density at radius 3 is 2.04 bits per heavy atom. The molecule has 0 aliphatic heterocycles. The maximum absolute atomic E-state index is 12.5. The molecule has 0 fully saturated rings. The highest BCUT2D eigenvalue weighted by Crippen LogP contribution is 2.22. The van der Waals surface area contributed by atoms with E-state index in [0.29, 0.717) is 11.6 Å². The predicted octanol–water partition coefficient (Wildman–Crippen LogP) is 3.69. The third kappa shape index (κ3) is 4.33. The number of hydrogen-bond acceptors (Lipinski definition) is 4. The third-order valence-corrected chi connectivity index (χ3v) is 3.95. The number of carbonyl (C=O) groups is 1. The molecule has 0 radical (unpaired) electrons. The molecule has 1 atom stereocenters. The number of hydrogen-bond donors (Lipinski definition) is 2. The van der Waals surface area contributed by atoms with Gasteiger partial charge in [-0.1, -0.05) is 65.8 Å². The summed E-state index contributed by atoms with van der Waals surface area (Å²) in [4.78, 5) is 12.5. The van der Waals surface area contributed by atoms with E-state index in [1.165, 1.54) is 0 Å². The highest BCUT2D eigenvalue weighted by Gasteiger charge is 2.21. The van der Waals surface area contributed by atoms with Gasteiger partial charge in [-0.3, -0.25) is 10.1 Å². The Labute approximate surface area is 147 Å². The summed E-state index contributed by atoms with van der Waals surface area (Å²) in [5, 5.41) is 9.97.